The van der Waals surface area contributed by atoms with Crippen LogP contribution in [-0.4, -0.2) is 62.3 Å². The van der Waals surface area contributed by atoms with Crippen LogP contribution in [0.4, 0.5) is 0 Å². The summed E-state index contributed by atoms with van der Waals surface area (Å²) >= 11 is 0. The Bertz CT molecular complexity index is 823. The van der Waals surface area contributed by atoms with Crippen molar-refractivity contribution in [3.05, 3.63) is 35.9 Å². The quantitative estimate of drug-likeness (QED) is 0.673. The number of nitrogens with zero attached hydrogens (tertiary/aromatic N) is 3. The maximum Gasteiger partial charge on any atom is 0.237 e. The van der Waals surface area contributed by atoms with E-state index in [-0.39, 0.29) is 18.9 Å². The van der Waals surface area contributed by atoms with Gasteiger partial charge in [0.2, 0.25) is 11.8 Å². The molecule has 8 heteroatoms. The highest BCUT2D eigenvalue weighted by molar-refractivity contribution is 5.81. The van der Waals surface area contributed by atoms with Gasteiger partial charge in [-0.1, -0.05) is 30.3 Å². The Morgan fingerprint density at radius 3 is 2.39 bits per heavy atom. The number of amides is 2. The standard InChI is InChI=1S/C20H26N4O4/c1-12(25)15(17(22)27)23-11-20(18(23)28)9-19(3,10-21)16(24(20)13(2)26)14-7-5-4-6-8-14/h4-8,12,15-16,18,25,28H,9,11H2,1-3H3,(H2,22,27)/t12-,15+,16?,18?,19?,20?/m1/s1. The van der Waals surface area contributed by atoms with Crippen molar-refractivity contribution >= 4 is 11.8 Å². The Morgan fingerprint density at radius 1 is 1.36 bits per heavy atom. The van der Waals surface area contributed by atoms with Crippen LogP contribution in [-0.2, 0) is 9.59 Å². The molecule has 0 saturated carbocycles. The molecular weight excluding hydrogens is 360 g/mol. The second kappa shape index (κ2) is 6.85. The molecule has 4 N–H and O–H groups in total. The van der Waals surface area contributed by atoms with Gasteiger partial charge in [0.05, 0.1) is 29.2 Å². The molecule has 2 heterocycles. The van der Waals surface area contributed by atoms with Crippen LogP contribution in [0.2, 0.25) is 0 Å². The number of likely N-dealkylation sites (tertiary alicyclic amines) is 2. The van der Waals surface area contributed by atoms with Crippen LogP contribution < -0.4 is 5.73 Å². The van der Waals surface area contributed by atoms with E-state index in [1.54, 1.807) is 11.8 Å². The summed E-state index contributed by atoms with van der Waals surface area (Å²) in [7, 11) is 0. The van der Waals surface area contributed by atoms with Crippen LogP contribution in [0, 0.1) is 16.7 Å². The number of hydrogen-bond donors (Lipinski definition) is 3. The molecule has 1 spiro atoms. The van der Waals surface area contributed by atoms with Crippen LogP contribution in [0.1, 0.15) is 38.8 Å². The number of nitrogens with two attached hydrogens (primary N) is 1. The highest BCUT2D eigenvalue weighted by atomic mass is 16.3. The van der Waals surface area contributed by atoms with Crippen molar-refractivity contribution in [2.24, 2.45) is 11.1 Å². The van der Waals surface area contributed by atoms with Gasteiger partial charge in [0.15, 0.2) is 0 Å². The van der Waals surface area contributed by atoms with Crippen LogP contribution in [0.3, 0.4) is 0 Å². The van der Waals surface area contributed by atoms with Crippen LogP contribution in [0.5, 0.6) is 0 Å². The molecule has 2 saturated heterocycles. The van der Waals surface area contributed by atoms with Crippen LogP contribution in [0.25, 0.3) is 0 Å². The summed E-state index contributed by atoms with van der Waals surface area (Å²) in [5, 5.41) is 30.9. The number of hydrogen-bond acceptors (Lipinski definition) is 6. The number of rotatable bonds is 4. The number of nitriles is 1. The zero-order chi connectivity index (χ0) is 20.9. The smallest absolute Gasteiger partial charge is 0.237 e. The van der Waals surface area contributed by atoms with E-state index in [9.17, 15) is 25.1 Å². The minimum Gasteiger partial charge on any atom is -0.391 e. The molecule has 4 unspecified atom stereocenters. The molecule has 150 valence electrons. The zero-order valence-corrected chi connectivity index (χ0v) is 16.2. The lowest BCUT2D eigenvalue weighted by atomic mass is 9.74. The Labute approximate surface area is 164 Å². The molecule has 6 atom stereocenters. The number of primary amides is 1. The van der Waals surface area contributed by atoms with Gasteiger partial charge in [-0.05, 0) is 25.8 Å². The van der Waals surface area contributed by atoms with Gasteiger partial charge in [0.25, 0.3) is 0 Å². The van der Waals surface area contributed by atoms with Gasteiger partial charge in [-0.2, -0.15) is 5.26 Å². The summed E-state index contributed by atoms with van der Waals surface area (Å²) in [6.07, 6.45) is -2.05. The first kappa shape index (κ1) is 20.3. The Balaban J connectivity index is 2.04. The largest absolute Gasteiger partial charge is 0.391 e. The average molecular weight is 386 g/mol. The SMILES string of the molecule is CC(=O)N1C(c2ccccc2)C(C)(C#N)CC12CN([C@H](C(N)=O)[C@@H](C)O)C2O. The van der Waals surface area contributed by atoms with E-state index in [2.05, 4.69) is 6.07 Å². The maximum atomic E-state index is 12.7. The van der Waals surface area contributed by atoms with Crippen LogP contribution >= 0.6 is 0 Å². The topological polar surface area (TPSA) is 131 Å². The molecule has 2 fully saturated rings. The summed E-state index contributed by atoms with van der Waals surface area (Å²) in [5.74, 6) is -1.02. The van der Waals surface area contributed by atoms with Crippen molar-refractivity contribution in [2.45, 2.75) is 57.1 Å². The molecular formula is C20H26N4O4. The van der Waals surface area contributed by atoms with Crippen molar-refractivity contribution in [3.63, 3.8) is 0 Å². The molecule has 0 aliphatic carbocycles. The summed E-state index contributed by atoms with van der Waals surface area (Å²) in [5.41, 5.74) is 4.26. The third kappa shape index (κ3) is 2.78. The fourth-order valence-electron chi connectivity index (χ4n) is 5.07. The lowest BCUT2D eigenvalue weighted by molar-refractivity contribution is -0.223. The highest BCUT2D eigenvalue weighted by Crippen LogP contribution is 2.59. The van der Waals surface area contributed by atoms with Crippen molar-refractivity contribution < 1.29 is 19.8 Å². The first-order valence-corrected chi connectivity index (χ1v) is 9.26. The monoisotopic (exact) mass is 386 g/mol. The van der Waals surface area contributed by atoms with E-state index >= 15 is 0 Å². The average Bonchev–Trinajstić information content (AvgIpc) is 2.93. The predicted molar refractivity (Wildman–Crippen MR) is 100 cm³/mol. The van der Waals surface area contributed by atoms with Crippen molar-refractivity contribution in [1.29, 1.82) is 5.26 Å². The summed E-state index contributed by atoms with van der Waals surface area (Å²) in [6, 6.07) is 10.0. The normalized spacial score (nSPS) is 34.5. The van der Waals surface area contributed by atoms with Gasteiger partial charge in [-0.25, -0.2) is 0 Å². The summed E-state index contributed by atoms with van der Waals surface area (Å²) < 4.78 is 0. The van der Waals surface area contributed by atoms with E-state index in [0.717, 1.165) is 5.56 Å². The Hall–Kier alpha value is -2.47. The van der Waals surface area contributed by atoms with E-state index in [4.69, 9.17) is 5.73 Å². The van der Waals surface area contributed by atoms with Crippen molar-refractivity contribution in [2.75, 3.05) is 6.54 Å². The van der Waals surface area contributed by atoms with Crippen molar-refractivity contribution in [3.8, 4) is 6.07 Å². The van der Waals surface area contributed by atoms with E-state index in [1.807, 2.05) is 30.3 Å². The van der Waals surface area contributed by atoms with E-state index in [1.165, 1.54) is 18.7 Å². The number of aliphatic hydroxyl groups excluding tert-OH is 2. The van der Waals surface area contributed by atoms with Gasteiger partial charge >= 0.3 is 0 Å². The number of aliphatic hydroxyl groups is 2. The molecule has 2 aliphatic heterocycles. The first-order chi connectivity index (χ1) is 13.1. The maximum absolute atomic E-state index is 12.7. The minimum atomic E-state index is -1.22. The minimum absolute atomic E-state index is 0.146. The lowest BCUT2D eigenvalue weighted by Crippen LogP contribution is -2.79. The van der Waals surface area contributed by atoms with Gasteiger partial charge in [-0.3, -0.25) is 14.5 Å². The van der Waals surface area contributed by atoms with Crippen molar-refractivity contribution in [1.82, 2.24) is 9.80 Å². The first-order valence-electron chi connectivity index (χ1n) is 9.26. The lowest BCUT2D eigenvalue weighted by Gasteiger charge is -2.59. The molecule has 2 amide bonds. The molecule has 3 rings (SSSR count). The molecule has 0 bridgehead atoms. The van der Waals surface area contributed by atoms with E-state index < -0.39 is 41.3 Å². The van der Waals surface area contributed by atoms with Crippen LogP contribution in [0.15, 0.2) is 30.3 Å². The summed E-state index contributed by atoms with van der Waals surface area (Å²) in [4.78, 5) is 27.4. The Morgan fingerprint density at radius 2 is 1.96 bits per heavy atom. The fraction of sp³-hybridized carbons (Fsp3) is 0.550. The third-order valence-electron chi connectivity index (χ3n) is 6.08. The molecule has 28 heavy (non-hydrogen) atoms. The second-order valence-electron chi connectivity index (χ2n) is 8.15. The molecule has 1 aromatic rings. The molecule has 0 radical (unpaired) electrons. The highest BCUT2D eigenvalue weighted by Gasteiger charge is 2.69. The molecule has 8 nitrogen and oxygen atoms in total. The second-order valence-corrected chi connectivity index (χ2v) is 8.15. The summed E-state index contributed by atoms with van der Waals surface area (Å²) in [6.45, 7) is 4.77. The number of carbonyl (C=O) groups excluding carboxylic acids is 2. The van der Waals surface area contributed by atoms with Gasteiger partial charge < -0.3 is 20.8 Å². The number of carbonyl (C=O) groups is 2. The van der Waals surface area contributed by atoms with Gasteiger partial charge in [-0.15, -0.1) is 0 Å². The Kier molecular flexibility index (Phi) is 4.96. The molecule has 0 aromatic heterocycles. The van der Waals surface area contributed by atoms with Gasteiger partial charge in [0, 0.05) is 13.5 Å². The molecule has 2 aliphatic rings. The van der Waals surface area contributed by atoms with Gasteiger partial charge in [0.1, 0.15) is 12.3 Å². The predicted octanol–water partition coefficient (Wildman–Crippen LogP) is 0.117. The molecule has 1 aromatic carbocycles. The third-order valence-corrected chi connectivity index (χ3v) is 6.08. The van der Waals surface area contributed by atoms with E-state index in [0.29, 0.717) is 0 Å². The zero-order valence-electron chi connectivity index (χ0n) is 16.2. The number of benzene rings is 1. The fourth-order valence-corrected chi connectivity index (χ4v) is 5.07.